The molecule has 4 heterocycles. The monoisotopic (exact) mass is 994 g/mol. The van der Waals surface area contributed by atoms with Gasteiger partial charge in [0.1, 0.15) is 44.4 Å². The van der Waals surface area contributed by atoms with Gasteiger partial charge in [-0.15, -0.1) is 22.7 Å². The molecule has 2 fully saturated rings. The van der Waals surface area contributed by atoms with Crippen LogP contribution in [0.1, 0.15) is 0 Å². The lowest BCUT2D eigenvalue weighted by Gasteiger charge is -2.34. The Morgan fingerprint density at radius 1 is 0.531 bits per heavy atom. The first kappa shape index (κ1) is 47.2. The number of piperazine rings is 2. The van der Waals surface area contributed by atoms with Crippen molar-refractivity contribution in [2.45, 2.75) is 9.79 Å². The molecule has 2 saturated heterocycles. The number of thiazole rings is 2. The molecule has 0 radical (unpaired) electrons. The molecular formula is C42H42Cl2F2N6O8S4. The molecule has 0 aliphatic carbocycles. The third-order valence-corrected chi connectivity index (χ3v) is 16.4. The average Bonchev–Trinajstić information content (AvgIpc) is 4.00. The molecule has 4 aromatic carbocycles. The van der Waals surface area contributed by atoms with Gasteiger partial charge in [-0.05, 0) is 54.6 Å². The van der Waals surface area contributed by atoms with E-state index in [9.17, 15) is 25.6 Å². The van der Waals surface area contributed by atoms with Crippen molar-refractivity contribution < 1.29 is 44.6 Å². The molecular weight excluding hydrogens is 954 g/mol. The van der Waals surface area contributed by atoms with Crippen molar-refractivity contribution in [3.63, 3.8) is 0 Å². The number of aromatic nitrogens is 2. The summed E-state index contributed by atoms with van der Waals surface area (Å²) in [5, 5.41) is 6.27. The molecule has 0 bridgehead atoms. The zero-order valence-electron chi connectivity index (χ0n) is 34.8. The quantitative estimate of drug-likeness (QED) is 0.116. The van der Waals surface area contributed by atoms with E-state index in [0.29, 0.717) is 77.2 Å². The maximum atomic E-state index is 13.5. The fraction of sp³-hybridized carbons (Fsp3) is 0.286. The number of halogens is 4. The van der Waals surface area contributed by atoms with Gasteiger partial charge in [-0.2, -0.15) is 8.61 Å². The summed E-state index contributed by atoms with van der Waals surface area (Å²) in [5.74, 6) is 0.0901. The van der Waals surface area contributed by atoms with Crippen LogP contribution in [-0.4, -0.2) is 116 Å². The summed E-state index contributed by atoms with van der Waals surface area (Å²) in [4.78, 5) is 13.4. The number of methoxy groups -OCH3 is 4. The number of benzene rings is 4. The highest BCUT2D eigenvalue weighted by Gasteiger charge is 2.34. The molecule has 8 rings (SSSR count). The Labute approximate surface area is 388 Å². The first-order valence-electron chi connectivity index (χ1n) is 19.4. The van der Waals surface area contributed by atoms with Crippen molar-refractivity contribution in [3.05, 3.63) is 105 Å². The van der Waals surface area contributed by atoms with Gasteiger partial charge in [-0.1, -0.05) is 23.2 Å². The second-order valence-electron chi connectivity index (χ2n) is 14.2. The topological polar surface area (TPSA) is 144 Å². The van der Waals surface area contributed by atoms with E-state index in [2.05, 4.69) is 9.88 Å². The lowest BCUT2D eigenvalue weighted by Crippen LogP contribution is -2.48. The van der Waals surface area contributed by atoms with Crippen molar-refractivity contribution in [2.24, 2.45) is 0 Å². The second kappa shape index (κ2) is 20.2. The van der Waals surface area contributed by atoms with E-state index in [0.717, 1.165) is 22.5 Å². The minimum Gasteiger partial charge on any atom is -0.497 e. The van der Waals surface area contributed by atoms with E-state index in [1.54, 1.807) is 35.7 Å². The van der Waals surface area contributed by atoms with Crippen LogP contribution in [0.5, 0.6) is 23.0 Å². The third kappa shape index (κ3) is 10.5. The van der Waals surface area contributed by atoms with E-state index in [4.69, 9.17) is 47.1 Å². The number of nitrogens with zero attached hydrogens (tertiary/aromatic N) is 6. The Balaban J connectivity index is 0.000000191. The second-order valence-corrected chi connectivity index (χ2v) is 20.5. The van der Waals surface area contributed by atoms with Crippen molar-refractivity contribution >= 4 is 76.2 Å². The van der Waals surface area contributed by atoms with Gasteiger partial charge in [0.15, 0.2) is 10.3 Å². The van der Waals surface area contributed by atoms with Gasteiger partial charge in [0, 0.05) is 102 Å². The fourth-order valence-corrected chi connectivity index (χ4v) is 12.5. The van der Waals surface area contributed by atoms with Gasteiger partial charge in [0.05, 0.1) is 39.8 Å². The summed E-state index contributed by atoms with van der Waals surface area (Å²) < 4.78 is 104. The van der Waals surface area contributed by atoms with Crippen molar-refractivity contribution in [1.82, 2.24) is 18.6 Å². The molecule has 6 aromatic rings. The molecule has 0 spiro atoms. The number of sulfonamides is 2. The van der Waals surface area contributed by atoms with Gasteiger partial charge >= 0.3 is 0 Å². The number of rotatable bonds is 12. The van der Waals surface area contributed by atoms with Crippen LogP contribution in [0.25, 0.3) is 22.5 Å². The summed E-state index contributed by atoms with van der Waals surface area (Å²) in [7, 11) is -1.69. The van der Waals surface area contributed by atoms with Crippen LogP contribution in [0.4, 0.5) is 19.0 Å². The molecule has 0 atom stereocenters. The maximum absolute atomic E-state index is 13.5. The molecule has 2 aliphatic heterocycles. The number of hydrogen-bond acceptors (Lipinski definition) is 14. The number of ether oxygens (including phenoxy) is 4. The van der Waals surface area contributed by atoms with E-state index in [1.165, 1.54) is 84.0 Å². The van der Waals surface area contributed by atoms with Gasteiger partial charge in [-0.25, -0.2) is 35.6 Å². The zero-order valence-corrected chi connectivity index (χ0v) is 39.6. The minimum absolute atomic E-state index is 0.0532. The van der Waals surface area contributed by atoms with Crippen molar-refractivity contribution in [3.8, 4) is 45.5 Å². The highest BCUT2D eigenvalue weighted by Crippen LogP contribution is 2.36. The SMILES string of the molecule is COc1ccc(OC)c(S(=O)(=O)N2CCN(c3nc(-c4cc(Cl)cc(Cl)c4)cs3)CC2)c1.COc1ccc(OC)c(S(=O)(=O)N2CCN(c3nc(-c4cc(F)cc(F)c4)cs3)CC2)c1. The molecule has 340 valence electrons. The maximum Gasteiger partial charge on any atom is 0.247 e. The summed E-state index contributed by atoms with van der Waals surface area (Å²) in [5.41, 5.74) is 2.46. The minimum atomic E-state index is -3.79. The molecule has 2 aromatic heterocycles. The highest BCUT2D eigenvalue weighted by atomic mass is 35.5. The van der Waals surface area contributed by atoms with Crippen LogP contribution in [0.2, 0.25) is 10.0 Å². The van der Waals surface area contributed by atoms with Crippen LogP contribution in [0.3, 0.4) is 0 Å². The summed E-state index contributed by atoms with van der Waals surface area (Å²) in [6.45, 7) is 3.08. The van der Waals surface area contributed by atoms with E-state index >= 15 is 0 Å². The molecule has 0 unspecified atom stereocenters. The zero-order chi connectivity index (χ0) is 45.8. The van der Waals surface area contributed by atoms with Crippen LogP contribution in [-0.2, 0) is 20.0 Å². The van der Waals surface area contributed by atoms with Gasteiger partial charge < -0.3 is 28.7 Å². The first-order chi connectivity index (χ1) is 30.6. The normalized spacial score (nSPS) is 15.1. The van der Waals surface area contributed by atoms with Crippen LogP contribution in [0, 0.1) is 11.6 Å². The smallest absolute Gasteiger partial charge is 0.247 e. The average molecular weight is 996 g/mol. The van der Waals surface area contributed by atoms with Crippen LogP contribution < -0.4 is 28.7 Å². The van der Waals surface area contributed by atoms with Gasteiger partial charge in [-0.3, -0.25) is 0 Å². The summed E-state index contributed by atoms with van der Waals surface area (Å²) >= 11 is 15.1. The van der Waals surface area contributed by atoms with Crippen LogP contribution in [0.15, 0.2) is 93.3 Å². The molecule has 22 heteroatoms. The fourth-order valence-electron chi connectivity index (χ4n) is 6.98. The number of hydrogen-bond donors (Lipinski definition) is 0. The first-order valence-corrected chi connectivity index (χ1v) is 24.8. The molecule has 0 saturated carbocycles. The van der Waals surface area contributed by atoms with Crippen molar-refractivity contribution in [1.29, 1.82) is 0 Å². The number of anilines is 2. The Morgan fingerprint density at radius 2 is 0.922 bits per heavy atom. The Morgan fingerprint density at radius 3 is 1.30 bits per heavy atom. The summed E-state index contributed by atoms with van der Waals surface area (Å²) in [6.07, 6.45) is 0. The Kier molecular flexibility index (Phi) is 14.9. The van der Waals surface area contributed by atoms with Gasteiger partial charge in [0.2, 0.25) is 20.0 Å². The molecule has 0 N–H and O–H groups in total. The highest BCUT2D eigenvalue weighted by molar-refractivity contribution is 7.89. The predicted molar refractivity (Wildman–Crippen MR) is 246 cm³/mol. The van der Waals surface area contributed by atoms with Crippen LogP contribution >= 0.6 is 45.9 Å². The lowest BCUT2D eigenvalue weighted by molar-refractivity contribution is 0.370. The molecule has 0 amide bonds. The van der Waals surface area contributed by atoms with E-state index < -0.39 is 31.7 Å². The summed E-state index contributed by atoms with van der Waals surface area (Å²) in [6, 6.07) is 18.0. The lowest BCUT2D eigenvalue weighted by atomic mass is 10.1. The van der Waals surface area contributed by atoms with E-state index in [-0.39, 0.29) is 34.4 Å². The van der Waals surface area contributed by atoms with Gasteiger partial charge in [0.25, 0.3) is 0 Å². The van der Waals surface area contributed by atoms with E-state index in [1.807, 2.05) is 22.4 Å². The Hall–Kier alpha value is -4.80. The Bertz CT molecular complexity index is 2610. The third-order valence-electron chi connectivity index (χ3n) is 10.3. The van der Waals surface area contributed by atoms with Crippen molar-refractivity contribution in [2.75, 3.05) is 90.6 Å². The molecule has 2 aliphatic rings. The largest absolute Gasteiger partial charge is 0.497 e. The molecule has 64 heavy (non-hydrogen) atoms. The molecule has 14 nitrogen and oxygen atoms in total. The predicted octanol–water partition coefficient (Wildman–Crippen LogP) is 8.26. The standard InChI is InChI=1S/C21H21Cl2N3O4S2.C21H21F2N3O4S2/c2*1-29-17-3-4-19(30-2)20(12-17)32(27,28)26-7-5-25(6-8-26)21-24-18(13-31-21)14-9-15(22)11-16(23)10-14/h2*3-4,9-13H,5-8H2,1-2H3.